The van der Waals surface area contributed by atoms with Gasteiger partial charge in [-0.25, -0.2) is 9.67 Å². The molecule has 3 rings (SSSR count). The summed E-state index contributed by atoms with van der Waals surface area (Å²) < 4.78 is 7.02. The molecule has 0 N–H and O–H groups in total. The first kappa shape index (κ1) is 15.9. The number of aryl methyl sites for hydroxylation is 1. The molecule has 0 spiro atoms. The van der Waals surface area contributed by atoms with Crippen LogP contribution in [0.4, 0.5) is 0 Å². The van der Waals surface area contributed by atoms with Crippen molar-refractivity contribution in [3.8, 4) is 11.6 Å². The molecule has 22 heavy (non-hydrogen) atoms. The minimum Gasteiger partial charge on any atom is -0.435 e. The van der Waals surface area contributed by atoms with Crippen LogP contribution in [0.3, 0.4) is 0 Å². The lowest BCUT2D eigenvalue weighted by Crippen LogP contribution is -2.18. The normalized spacial score (nSPS) is 10.6. The zero-order valence-corrected chi connectivity index (χ0v) is 13.6. The molecule has 0 amide bonds. The zero-order chi connectivity index (χ0) is 16.3. The summed E-state index contributed by atoms with van der Waals surface area (Å²) in [4.78, 5) is 15.8. The van der Waals surface area contributed by atoms with E-state index in [0.717, 1.165) is 11.1 Å². The van der Waals surface area contributed by atoms with E-state index in [4.69, 9.17) is 4.42 Å². The first-order valence-electron chi connectivity index (χ1n) is 7.50. The van der Waals surface area contributed by atoms with Gasteiger partial charge in [0.1, 0.15) is 11.2 Å². The molecule has 5 nitrogen and oxygen atoms in total. The number of aromatic nitrogens is 3. The van der Waals surface area contributed by atoms with Crippen LogP contribution in [-0.2, 0) is 7.05 Å². The van der Waals surface area contributed by atoms with Crippen LogP contribution in [0.2, 0.25) is 0 Å². The van der Waals surface area contributed by atoms with E-state index in [-0.39, 0.29) is 5.56 Å². The van der Waals surface area contributed by atoms with E-state index in [9.17, 15) is 4.79 Å². The zero-order valence-electron chi connectivity index (χ0n) is 13.6. The van der Waals surface area contributed by atoms with Gasteiger partial charge in [-0.15, -0.1) is 0 Å². The number of nitrogens with zero attached hydrogens (tertiary/aromatic N) is 3. The average molecular weight is 299 g/mol. The molecule has 0 saturated heterocycles. The molecule has 0 aliphatic heterocycles. The third-order valence-electron chi connectivity index (χ3n) is 3.26. The van der Waals surface area contributed by atoms with Crippen molar-refractivity contribution >= 4 is 11.1 Å². The van der Waals surface area contributed by atoms with Crippen molar-refractivity contribution in [2.75, 3.05) is 0 Å². The smallest absolute Gasteiger partial charge is 0.266 e. The van der Waals surface area contributed by atoms with E-state index in [1.165, 1.54) is 16.3 Å². The molecule has 3 aromatic rings. The lowest BCUT2D eigenvalue weighted by Gasteiger charge is -2.02. The number of rotatable bonds is 2. The van der Waals surface area contributed by atoms with Crippen LogP contribution in [0.1, 0.15) is 39.2 Å². The molecule has 5 heteroatoms. The Hall–Kier alpha value is -2.43. The first-order chi connectivity index (χ1) is 10.5. The summed E-state index contributed by atoms with van der Waals surface area (Å²) >= 11 is 0. The van der Waals surface area contributed by atoms with Gasteiger partial charge < -0.3 is 4.42 Å². The predicted octanol–water partition coefficient (Wildman–Crippen LogP) is 3.74. The maximum atomic E-state index is 11.3. The summed E-state index contributed by atoms with van der Waals surface area (Å²) in [5.41, 5.74) is 3.12. The van der Waals surface area contributed by atoms with Gasteiger partial charge in [0.05, 0.1) is 0 Å². The quantitative estimate of drug-likeness (QED) is 0.723. The van der Waals surface area contributed by atoms with Crippen molar-refractivity contribution in [1.82, 2.24) is 14.8 Å². The van der Waals surface area contributed by atoms with Crippen molar-refractivity contribution in [1.29, 1.82) is 0 Å². The maximum absolute atomic E-state index is 11.3. The molecule has 0 fully saturated rings. The standard InChI is InChI=1S/C15H15N3O2.C2H6/c1-9(2)10-4-5-11-13(8-10)20-15(16-11)12-6-7-14(19)18(3)17-12;1-2/h4-9H,1-3H3;1-2H3. The second kappa shape index (κ2) is 6.56. The molecule has 116 valence electrons. The molecule has 2 heterocycles. The van der Waals surface area contributed by atoms with E-state index in [2.05, 4.69) is 23.9 Å². The molecular weight excluding hydrogens is 278 g/mol. The van der Waals surface area contributed by atoms with Gasteiger partial charge in [0.15, 0.2) is 5.58 Å². The SMILES string of the molecule is CC.CC(C)c1ccc2nc(-c3ccc(=O)n(C)n3)oc2c1. The maximum Gasteiger partial charge on any atom is 0.266 e. The van der Waals surface area contributed by atoms with Crippen LogP contribution in [0.25, 0.3) is 22.7 Å². The van der Waals surface area contributed by atoms with Crippen LogP contribution < -0.4 is 5.56 Å². The van der Waals surface area contributed by atoms with Gasteiger partial charge in [-0.1, -0.05) is 33.8 Å². The molecule has 0 radical (unpaired) electrons. The first-order valence-corrected chi connectivity index (χ1v) is 7.50. The van der Waals surface area contributed by atoms with E-state index in [1.807, 2.05) is 32.0 Å². The van der Waals surface area contributed by atoms with E-state index in [0.29, 0.717) is 17.5 Å². The van der Waals surface area contributed by atoms with Crippen LogP contribution in [0.5, 0.6) is 0 Å². The van der Waals surface area contributed by atoms with Crippen molar-refractivity contribution in [2.45, 2.75) is 33.6 Å². The fourth-order valence-corrected chi connectivity index (χ4v) is 2.03. The number of fused-ring (bicyclic) bond motifs is 1. The minimum atomic E-state index is -0.160. The number of benzene rings is 1. The largest absolute Gasteiger partial charge is 0.435 e. The van der Waals surface area contributed by atoms with Gasteiger partial charge in [-0.2, -0.15) is 5.10 Å². The highest BCUT2D eigenvalue weighted by molar-refractivity contribution is 5.76. The van der Waals surface area contributed by atoms with Gasteiger partial charge in [-0.3, -0.25) is 4.79 Å². The fraction of sp³-hybridized carbons (Fsp3) is 0.353. The lowest BCUT2D eigenvalue weighted by molar-refractivity contribution is 0.605. The molecule has 0 aliphatic rings. The monoisotopic (exact) mass is 299 g/mol. The Balaban J connectivity index is 0.000000847. The summed E-state index contributed by atoms with van der Waals surface area (Å²) in [6.07, 6.45) is 0. The third-order valence-corrected chi connectivity index (χ3v) is 3.26. The number of oxazole rings is 1. The van der Waals surface area contributed by atoms with Gasteiger partial charge in [0.2, 0.25) is 5.89 Å². The molecule has 0 unspecified atom stereocenters. The Morgan fingerprint density at radius 3 is 2.50 bits per heavy atom. The van der Waals surface area contributed by atoms with E-state index in [1.54, 1.807) is 13.1 Å². The van der Waals surface area contributed by atoms with E-state index >= 15 is 0 Å². The van der Waals surface area contributed by atoms with Crippen molar-refractivity contribution < 1.29 is 4.42 Å². The third kappa shape index (κ3) is 3.08. The predicted molar refractivity (Wildman–Crippen MR) is 87.9 cm³/mol. The Kier molecular flexibility index (Phi) is 4.75. The molecular formula is C17H21N3O2. The van der Waals surface area contributed by atoms with E-state index < -0.39 is 0 Å². The Morgan fingerprint density at radius 1 is 1.14 bits per heavy atom. The van der Waals surface area contributed by atoms with Crippen LogP contribution in [0.15, 0.2) is 39.5 Å². The van der Waals surface area contributed by atoms with Gasteiger partial charge in [0, 0.05) is 13.1 Å². The van der Waals surface area contributed by atoms with Crippen molar-refractivity contribution in [3.05, 3.63) is 46.2 Å². The Bertz CT molecular complexity index is 831. The highest BCUT2D eigenvalue weighted by Crippen LogP contribution is 2.25. The van der Waals surface area contributed by atoms with Crippen LogP contribution in [0, 0.1) is 0 Å². The van der Waals surface area contributed by atoms with Gasteiger partial charge in [0.25, 0.3) is 5.56 Å². The van der Waals surface area contributed by atoms with Crippen LogP contribution in [-0.4, -0.2) is 14.8 Å². The summed E-state index contributed by atoms with van der Waals surface area (Å²) in [6.45, 7) is 8.26. The van der Waals surface area contributed by atoms with Crippen molar-refractivity contribution in [3.63, 3.8) is 0 Å². The molecule has 0 atom stereocenters. The molecule has 2 aromatic heterocycles. The second-order valence-corrected chi connectivity index (χ2v) is 5.08. The summed E-state index contributed by atoms with van der Waals surface area (Å²) in [6, 6.07) is 9.07. The van der Waals surface area contributed by atoms with Crippen molar-refractivity contribution in [2.24, 2.45) is 7.05 Å². The second-order valence-electron chi connectivity index (χ2n) is 5.08. The average Bonchev–Trinajstić information content (AvgIpc) is 2.95. The fourth-order valence-electron chi connectivity index (χ4n) is 2.03. The molecule has 0 saturated carbocycles. The molecule has 0 bridgehead atoms. The highest BCUT2D eigenvalue weighted by atomic mass is 16.3. The van der Waals surface area contributed by atoms with Gasteiger partial charge >= 0.3 is 0 Å². The Morgan fingerprint density at radius 2 is 1.86 bits per heavy atom. The number of hydrogen-bond acceptors (Lipinski definition) is 4. The number of hydrogen-bond donors (Lipinski definition) is 0. The topological polar surface area (TPSA) is 60.9 Å². The Labute approximate surface area is 129 Å². The summed E-state index contributed by atoms with van der Waals surface area (Å²) in [7, 11) is 1.60. The van der Waals surface area contributed by atoms with Crippen LogP contribution >= 0.6 is 0 Å². The molecule has 0 aliphatic carbocycles. The highest BCUT2D eigenvalue weighted by Gasteiger charge is 2.11. The lowest BCUT2D eigenvalue weighted by atomic mass is 10.0. The molecule has 1 aromatic carbocycles. The summed E-state index contributed by atoms with van der Waals surface area (Å²) in [5, 5.41) is 4.14. The minimum absolute atomic E-state index is 0.160. The van der Waals surface area contributed by atoms with Gasteiger partial charge in [-0.05, 0) is 29.7 Å². The summed E-state index contributed by atoms with van der Waals surface area (Å²) in [5.74, 6) is 0.861.